The van der Waals surface area contributed by atoms with Crippen molar-refractivity contribution in [2.45, 2.75) is 45.6 Å². The highest BCUT2D eigenvalue weighted by Crippen LogP contribution is 2.42. The van der Waals surface area contributed by atoms with E-state index < -0.39 is 0 Å². The number of halogens is 2. The van der Waals surface area contributed by atoms with Crippen LogP contribution in [0.25, 0.3) is 0 Å². The molecule has 3 aliphatic rings. The minimum Gasteiger partial charge on any atom is -0.354 e. The van der Waals surface area contributed by atoms with Gasteiger partial charge in [0.25, 0.3) is 0 Å². The van der Waals surface area contributed by atoms with Crippen LogP contribution in [0.1, 0.15) is 36.9 Å². The number of hydrogen-bond acceptors (Lipinski definition) is 5. The van der Waals surface area contributed by atoms with E-state index in [4.69, 9.17) is 15.7 Å². The molecule has 2 N–H and O–H groups in total. The van der Waals surface area contributed by atoms with Gasteiger partial charge in [0.15, 0.2) is 0 Å². The first-order chi connectivity index (χ1) is 10.6. The summed E-state index contributed by atoms with van der Waals surface area (Å²) in [7, 11) is 0. The van der Waals surface area contributed by atoms with Crippen molar-refractivity contribution in [1.29, 1.82) is 0 Å². The highest BCUT2D eigenvalue weighted by atomic mass is 35.5. The summed E-state index contributed by atoms with van der Waals surface area (Å²) in [5.74, 6) is 3.55. The molecule has 5 nitrogen and oxygen atoms in total. The van der Waals surface area contributed by atoms with Crippen molar-refractivity contribution < 1.29 is 0 Å². The molecular weight excluding hydrogens is 345 g/mol. The number of anilines is 2. The van der Waals surface area contributed by atoms with E-state index in [2.05, 4.69) is 23.6 Å². The molecule has 136 valence electrons. The minimum atomic E-state index is 0. The fourth-order valence-corrected chi connectivity index (χ4v) is 4.02. The van der Waals surface area contributed by atoms with Crippen LogP contribution < -0.4 is 15.5 Å². The third kappa shape index (κ3) is 3.58. The van der Waals surface area contributed by atoms with Crippen LogP contribution in [0.4, 0.5) is 11.8 Å². The Morgan fingerprint density at radius 1 is 0.958 bits per heavy atom. The largest absolute Gasteiger partial charge is 0.354 e. The predicted octanol–water partition coefficient (Wildman–Crippen LogP) is 2.71. The summed E-state index contributed by atoms with van der Waals surface area (Å²) < 4.78 is 0. The Bertz CT molecular complexity index is 572. The van der Waals surface area contributed by atoms with Crippen LogP contribution in [-0.2, 0) is 0 Å². The molecule has 1 saturated carbocycles. The molecule has 1 aromatic heterocycles. The van der Waals surface area contributed by atoms with Crippen molar-refractivity contribution in [3.63, 3.8) is 0 Å². The van der Waals surface area contributed by atoms with Crippen molar-refractivity contribution >= 4 is 36.6 Å². The molecule has 0 amide bonds. The van der Waals surface area contributed by atoms with Crippen molar-refractivity contribution in [3.8, 4) is 0 Å². The zero-order valence-corrected chi connectivity index (χ0v) is 16.2. The Kier molecular flexibility index (Phi) is 6.21. The number of nitrogens with two attached hydrogens (primary N) is 1. The first-order valence-corrected chi connectivity index (χ1v) is 8.74. The van der Waals surface area contributed by atoms with Crippen molar-refractivity contribution in [2.75, 3.05) is 36.0 Å². The molecule has 1 aromatic rings. The van der Waals surface area contributed by atoms with Crippen molar-refractivity contribution in [2.24, 2.45) is 17.6 Å². The first kappa shape index (κ1) is 19.5. The molecule has 0 radical (unpaired) electrons. The molecule has 1 aliphatic carbocycles. The van der Waals surface area contributed by atoms with Gasteiger partial charge in [0.1, 0.15) is 5.82 Å². The predicted molar refractivity (Wildman–Crippen MR) is 104 cm³/mol. The molecule has 3 heterocycles. The zero-order chi connectivity index (χ0) is 15.3. The fourth-order valence-electron chi connectivity index (χ4n) is 4.02. The maximum Gasteiger partial charge on any atom is 0.227 e. The Morgan fingerprint density at radius 3 is 2.25 bits per heavy atom. The van der Waals surface area contributed by atoms with Gasteiger partial charge in [-0.1, -0.05) is 0 Å². The Balaban J connectivity index is 0.00000104. The summed E-state index contributed by atoms with van der Waals surface area (Å²) in [5, 5.41) is 0. The average molecular weight is 374 g/mol. The lowest BCUT2D eigenvalue weighted by molar-refractivity contribution is 0.456. The molecular formula is C17H29Cl2N5. The third-order valence-electron chi connectivity index (χ3n) is 5.68. The Labute approximate surface area is 157 Å². The number of hydrogen-bond donors (Lipinski definition) is 1. The molecule has 2 aliphatic heterocycles. The van der Waals surface area contributed by atoms with Gasteiger partial charge in [-0.2, -0.15) is 4.98 Å². The van der Waals surface area contributed by atoms with Gasteiger partial charge in [0.2, 0.25) is 5.95 Å². The molecule has 0 unspecified atom stereocenters. The van der Waals surface area contributed by atoms with Gasteiger partial charge in [-0.15, -0.1) is 24.8 Å². The lowest BCUT2D eigenvalue weighted by Crippen LogP contribution is -2.31. The summed E-state index contributed by atoms with van der Waals surface area (Å²) >= 11 is 0. The molecule has 0 spiro atoms. The quantitative estimate of drug-likeness (QED) is 0.882. The van der Waals surface area contributed by atoms with Crippen molar-refractivity contribution in [1.82, 2.24) is 9.97 Å². The Morgan fingerprint density at radius 2 is 1.62 bits per heavy atom. The molecule has 4 rings (SSSR count). The van der Waals surface area contributed by atoms with Crippen LogP contribution in [0.15, 0.2) is 0 Å². The monoisotopic (exact) mass is 373 g/mol. The van der Waals surface area contributed by atoms with Crippen molar-refractivity contribution in [3.05, 3.63) is 11.3 Å². The van der Waals surface area contributed by atoms with Crippen LogP contribution in [0.5, 0.6) is 0 Å². The zero-order valence-electron chi connectivity index (χ0n) is 14.6. The van der Waals surface area contributed by atoms with E-state index >= 15 is 0 Å². The van der Waals surface area contributed by atoms with E-state index in [1.807, 2.05) is 0 Å². The summed E-state index contributed by atoms with van der Waals surface area (Å²) in [6.45, 7) is 8.45. The van der Waals surface area contributed by atoms with Gasteiger partial charge in [0.05, 0.1) is 0 Å². The van der Waals surface area contributed by atoms with Gasteiger partial charge < -0.3 is 15.5 Å². The minimum absolute atomic E-state index is 0. The van der Waals surface area contributed by atoms with Gasteiger partial charge in [-0.25, -0.2) is 4.98 Å². The number of rotatable bonds is 3. The van der Waals surface area contributed by atoms with E-state index in [1.165, 1.54) is 31.2 Å². The smallest absolute Gasteiger partial charge is 0.227 e. The fraction of sp³-hybridized carbons (Fsp3) is 0.765. The standard InChI is InChI=1S/C17H27N5.2ClH/c1-11-12(2)19-17(21-7-3-4-8-21)20-16(11)22-9-14(13-5-6-13)15(18)10-22;;/h13-15H,3-10,18H2,1-2H3;2*1H/t14-,15+;;/m1../s1. The summed E-state index contributed by atoms with van der Waals surface area (Å²) in [6, 6.07) is 0.303. The molecule has 7 heteroatoms. The summed E-state index contributed by atoms with van der Waals surface area (Å²) in [4.78, 5) is 14.4. The maximum absolute atomic E-state index is 6.40. The van der Waals surface area contributed by atoms with Crippen LogP contribution in [0.2, 0.25) is 0 Å². The number of nitrogens with zero attached hydrogens (tertiary/aromatic N) is 4. The molecule has 3 fully saturated rings. The SMILES string of the molecule is Cc1nc(N2CCCC2)nc(N2C[C@H](C3CC3)[C@@H](N)C2)c1C.Cl.Cl. The average Bonchev–Trinajstić information content (AvgIpc) is 3.04. The van der Waals surface area contributed by atoms with Crippen LogP contribution in [0, 0.1) is 25.7 Å². The molecule has 24 heavy (non-hydrogen) atoms. The second kappa shape index (κ2) is 7.63. The van der Waals surface area contributed by atoms with Crippen LogP contribution in [0.3, 0.4) is 0 Å². The lowest BCUT2D eigenvalue weighted by Gasteiger charge is -2.24. The van der Waals surface area contributed by atoms with E-state index in [0.29, 0.717) is 12.0 Å². The normalized spacial score (nSPS) is 26.3. The van der Waals surface area contributed by atoms with Crippen LogP contribution in [-0.4, -0.2) is 42.2 Å². The van der Waals surface area contributed by atoms with Gasteiger partial charge in [0, 0.05) is 43.5 Å². The highest BCUT2D eigenvalue weighted by molar-refractivity contribution is 5.85. The number of aromatic nitrogens is 2. The molecule has 2 atom stereocenters. The molecule has 2 saturated heterocycles. The van der Waals surface area contributed by atoms with E-state index in [1.54, 1.807) is 0 Å². The topological polar surface area (TPSA) is 58.3 Å². The number of aryl methyl sites for hydroxylation is 1. The molecule has 0 aromatic carbocycles. The maximum atomic E-state index is 6.40. The summed E-state index contributed by atoms with van der Waals surface area (Å²) in [6.07, 6.45) is 5.24. The summed E-state index contributed by atoms with van der Waals surface area (Å²) in [5.41, 5.74) is 8.72. The third-order valence-corrected chi connectivity index (χ3v) is 5.68. The van der Waals surface area contributed by atoms with E-state index in [9.17, 15) is 0 Å². The van der Waals surface area contributed by atoms with E-state index in [0.717, 1.165) is 49.6 Å². The lowest BCUT2D eigenvalue weighted by atomic mass is 9.99. The first-order valence-electron chi connectivity index (χ1n) is 8.74. The molecule has 0 bridgehead atoms. The van der Waals surface area contributed by atoms with Gasteiger partial charge in [-0.3, -0.25) is 0 Å². The highest BCUT2D eigenvalue weighted by Gasteiger charge is 2.41. The van der Waals surface area contributed by atoms with Crippen LogP contribution >= 0.6 is 24.8 Å². The Hall–Kier alpha value is -0.780. The van der Waals surface area contributed by atoms with Gasteiger partial charge in [-0.05, 0) is 51.4 Å². The second-order valence-electron chi connectivity index (χ2n) is 7.32. The van der Waals surface area contributed by atoms with E-state index in [-0.39, 0.29) is 24.8 Å². The van der Waals surface area contributed by atoms with Gasteiger partial charge >= 0.3 is 0 Å². The second-order valence-corrected chi connectivity index (χ2v) is 7.32.